The molecule has 2 heterocycles. The van der Waals surface area contributed by atoms with Crippen LogP contribution >= 0.6 is 0 Å². The van der Waals surface area contributed by atoms with Crippen molar-refractivity contribution in [3.63, 3.8) is 0 Å². The number of fused-ring (bicyclic) bond motifs is 1. The van der Waals surface area contributed by atoms with Gasteiger partial charge in [0.2, 0.25) is 0 Å². The van der Waals surface area contributed by atoms with E-state index in [1.54, 1.807) is 0 Å². The van der Waals surface area contributed by atoms with E-state index in [1.807, 2.05) is 48.7 Å². The van der Waals surface area contributed by atoms with Crippen molar-refractivity contribution in [2.75, 3.05) is 5.32 Å². The summed E-state index contributed by atoms with van der Waals surface area (Å²) in [5.41, 5.74) is 5.30. The van der Waals surface area contributed by atoms with Gasteiger partial charge in [-0.05, 0) is 48.6 Å². The first-order chi connectivity index (χ1) is 11.3. The van der Waals surface area contributed by atoms with Gasteiger partial charge >= 0.3 is 0 Å². The van der Waals surface area contributed by atoms with Crippen LogP contribution in [0.5, 0.6) is 0 Å². The number of anilines is 1. The van der Waals surface area contributed by atoms with E-state index < -0.39 is 0 Å². The van der Waals surface area contributed by atoms with E-state index in [4.69, 9.17) is 0 Å². The second kappa shape index (κ2) is 5.78. The minimum Gasteiger partial charge on any atom is -0.321 e. The summed E-state index contributed by atoms with van der Waals surface area (Å²) in [5, 5.41) is 2.98. The molecule has 124 valence electrons. The number of aryl methyl sites for hydroxylation is 2. The van der Waals surface area contributed by atoms with Gasteiger partial charge in [-0.2, -0.15) is 0 Å². The van der Waals surface area contributed by atoms with Gasteiger partial charge in [-0.3, -0.25) is 9.20 Å². The molecular formula is C20H23N3O. The molecule has 3 aromatic rings. The first-order valence-electron chi connectivity index (χ1n) is 8.13. The first kappa shape index (κ1) is 16.2. The summed E-state index contributed by atoms with van der Waals surface area (Å²) in [6, 6.07) is 11.9. The van der Waals surface area contributed by atoms with Crippen LogP contribution < -0.4 is 5.32 Å². The van der Waals surface area contributed by atoms with Gasteiger partial charge in [0.05, 0.1) is 5.69 Å². The summed E-state index contributed by atoms with van der Waals surface area (Å²) >= 11 is 0. The molecule has 0 aliphatic rings. The molecule has 1 amide bonds. The highest BCUT2D eigenvalue weighted by Gasteiger charge is 2.18. The number of benzene rings is 1. The van der Waals surface area contributed by atoms with Crippen LogP contribution in [0.3, 0.4) is 0 Å². The van der Waals surface area contributed by atoms with Crippen molar-refractivity contribution in [2.45, 2.75) is 40.0 Å². The molecule has 2 aromatic heterocycles. The number of carbonyl (C=O) groups is 1. The molecule has 0 aliphatic heterocycles. The molecule has 3 rings (SSSR count). The average molecular weight is 321 g/mol. The lowest BCUT2D eigenvalue weighted by atomic mass is 9.87. The molecule has 0 atom stereocenters. The number of aromatic nitrogens is 2. The Hall–Kier alpha value is -2.62. The molecule has 0 saturated heterocycles. The second-order valence-electron chi connectivity index (χ2n) is 7.21. The van der Waals surface area contributed by atoms with Gasteiger partial charge in [-0.25, -0.2) is 4.98 Å². The lowest BCUT2D eigenvalue weighted by Gasteiger charge is -2.19. The van der Waals surface area contributed by atoms with Crippen LogP contribution in [0.1, 0.15) is 48.1 Å². The lowest BCUT2D eigenvalue weighted by Crippen LogP contribution is -2.16. The number of pyridine rings is 1. The second-order valence-corrected chi connectivity index (χ2v) is 7.21. The normalized spacial score (nSPS) is 11.7. The van der Waals surface area contributed by atoms with Crippen LogP contribution in [0.2, 0.25) is 0 Å². The molecule has 0 fully saturated rings. The van der Waals surface area contributed by atoms with E-state index in [0.29, 0.717) is 5.69 Å². The predicted molar refractivity (Wildman–Crippen MR) is 97.8 cm³/mol. The zero-order valence-electron chi connectivity index (χ0n) is 14.8. The van der Waals surface area contributed by atoms with Gasteiger partial charge < -0.3 is 5.32 Å². The summed E-state index contributed by atoms with van der Waals surface area (Å²) in [7, 11) is 0. The zero-order chi connectivity index (χ0) is 17.5. The minimum absolute atomic E-state index is 0.0955. The molecule has 24 heavy (non-hydrogen) atoms. The van der Waals surface area contributed by atoms with E-state index in [2.05, 4.69) is 43.2 Å². The number of carbonyl (C=O) groups excluding carboxylic acids is 1. The number of nitrogens with one attached hydrogen (secondary N) is 1. The molecule has 0 radical (unpaired) electrons. The third kappa shape index (κ3) is 2.92. The van der Waals surface area contributed by atoms with Crippen molar-refractivity contribution < 1.29 is 4.79 Å². The van der Waals surface area contributed by atoms with Crippen LogP contribution in [0, 0.1) is 13.8 Å². The molecule has 0 unspecified atom stereocenters. The SMILES string of the molecule is Cc1nc2c(C)cccn2c1C(=O)Nc1ccc(C(C)(C)C)cc1. The summed E-state index contributed by atoms with van der Waals surface area (Å²) in [6.45, 7) is 10.4. The Morgan fingerprint density at radius 3 is 2.38 bits per heavy atom. The molecule has 0 saturated carbocycles. The van der Waals surface area contributed by atoms with Gasteiger partial charge in [0.15, 0.2) is 0 Å². The Kier molecular flexibility index (Phi) is 3.91. The Balaban J connectivity index is 1.91. The molecule has 0 spiro atoms. The summed E-state index contributed by atoms with van der Waals surface area (Å²) < 4.78 is 1.85. The third-order valence-electron chi connectivity index (χ3n) is 4.24. The largest absolute Gasteiger partial charge is 0.321 e. The highest BCUT2D eigenvalue weighted by atomic mass is 16.2. The standard InChI is InChI=1S/C20H23N3O/c1-13-7-6-12-23-17(14(2)21-18(13)23)19(24)22-16-10-8-15(9-11-16)20(3,4)5/h6-12H,1-5H3,(H,22,24). The number of rotatable bonds is 2. The summed E-state index contributed by atoms with van der Waals surface area (Å²) in [5.74, 6) is -0.144. The number of imidazole rings is 1. The van der Waals surface area contributed by atoms with Crippen molar-refractivity contribution in [2.24, 2.45) is 0 Å². The van der Waals surface area contributed by atoms with Crippen molar-refractivity contribution in [1.82, 2.24) is 9.38 Å². The van der Waals surface area contributed by atoms with E-state index in [-0.39, 0.29) is 11.3 Å². The Morgan fingerprint density at radius 2 is 1.75 bits per heavy atom. The van der Waals surface area contributed by atoms with Crippen LogP contribution in [0.4, 0.5) is 5.69 Å². The molecule has 0 aliphatic carbocycles. The first-order valence-corrected chi connectivity index (χ1v) is 8.13. The fourth-order valence-electron chi connectivity index (χ4n) is 2.83. The monoisotopic (exact) mass is 321 g/mol. The number of nitrogens with zero attached hydrogens (tertiary/aromatic N) is 2. The maximum Gasteiger partial charge on any atom is 0.274 e. The van der Waals surface area contributed by atoms with Crippen molar-refractivity contribution in [1.29, 1.82) is 0 Å². The Labute approximate surface area is 142 Å². The highest BCUT2D eigenvalue weighted by Crippen LogP contribution is 2.24. The van der Waals surface area contributed by atoms with E-state index in [1.165, 1.54) is 5.56 Å². The van der Waals surface area contributed by atoms with Gasteiger partial charge in [0.1, 0.15) is 11.3 Å². The van der Waals surface area contributed by atoms with E-state index in [9.17, 15) is 4.79 Å². The third-order valence-corrected chi connectivity index (χ3v) is 4.24. The van der Waals surface area contributed by atoms with Crippen LogP contribution in [-0.4, -0.2) is 15.3 Å². The van der Waals surface area contributed by atoms with Crippen LogP contribution in [0.25, 0.3) is 5.65 Å². The van der Waals surface area contributed by atoms with Crippen molar-refractivity contribution in [3.05, 3.63) is 65.1 Å². The smallest absolute Gasteiger partial charge is 0.274 e. The quantitative estimate of drug-likeness (QED) is 0.755. The predicted octanol–water partition coefficient (Wildman–Crippen LogP) is 4.50. The lowest BCUT2D eigenvalue weighted by molar-refractivity contribution is 0.102. The van der Waals surface area contributed by atoms with Gasteiger partial charge in [-0.15, -0.1) is 0 Å². The van der Waals surface area contributed by atoms with Crippen LogP contribution in [0.15, 0.2) is 42.6 Å². The van der Waals surface area contributed by atoms with E-state index in [0.717, 1.165) is 22.6 Å². The molecule has 1 N–H and O–H groups in total. The maximum absolute atomic E-state index is 12.7. The molecule has 4 heteroatoms. The number of hydrogen-bond acceptors (Lipinski definition) is 2. The topological polar surface area (TPSA) is 46.4 Å². The Bertz CT molecular complexity index is 899. The van der Waals surface area contributed by atoms with Gasteiger partial charge in [0, 0.05) is 11.9 Å². The van der Waals surface area contributed by atoms with Gasteiger partial charge in [-0.1, -0.05) is 39.0 Å². The fourth-order valence-corrected chi connectivity index (χ4v) is 2.83. The van der Waals surface area contributed by atoms with Crippen LogP contribution in [-0.2, 0) is 5.41 Å². The van der Waals surface area contributed by atoms with Crippen molar-refractivity contribution in [3.8, 4) is 0 Å². The fraction of sp³-hybridized carbons (Fsp3) is 0.300. The zero-order valence-corrected chi connectivity index (χ0v) is 14.8. The number of hydrogen-bond donors (Lipinski definition) is 1. The molecular weight excluding hydrogens is 298 g/mol. The minimum atomic E-state index is -0.144. The average Bonchev–Trinajstić information content (AvgIpc) is 2.84. The highest BCUT2D eigenvalue weighted by molar-refractivity contribution is 6.04. The number of amides is 1. The Morgan fingerprint density at radius 1 is 1.08 bits per heavy atom. The van der Waals surface area contributed by atoms with E-state index >= 15 is 0 Å². The summed E-state index contributed by atoms with van der Waals surface area (Å²) in [4.78, 5) is 17.3. The maximum atomic E-state index is 12.7. The molecule has 0 bridgehead atoms. The molecule has 4 nitrogen and oxygen atoms in total. The molecule has 1 aromatic carbocycles. The van der Waals surface area contributed by atoms with Crippen molar-refractivity contribution >= 4 is 17.2 Å². The summed E-state index contributed by atoms with van der Waals surface area (Å²) in [6.07, 6.45) is 1.87. The van der Waals surface area contributed by atoms with Gasteiger partial charge in [0.25, 0.3) is 5.91 Å².